The summed E-state index contributed by atoms with van der Waals surface area (Å²) in [6.07, 6.45) is 5.50. The van der Waals surface area contributed by atoms with Crippen LogP contribution in [0, 0.1) is 0 Å². The molecule has 0 radical (unpaired) electrons. The Hall–Kier alpha value is -3.15. The van der Waals surface area contributed by atoms with E-state index in [1.807, 2.05) is 42.2 Å². The summed E-state index contributed by atoms with van der Waals surface area (Å²) in [5, 5.41) is 12.3. The van der Waals surface area contributed by atoms with Crippen molar-refractivity contribution in [3.63, 3.8) is 0 Å². The van der Waals surface area contributed by atoms with Gasteiger partial charge in [0.25, 0.3) is 0 Å². The summed E-state index contributed by atoms with van der Waals surface area (Å²) in [7, 11) is 0. The van der Waals surface area contributed by atoms with Gasteiger partial charge in [0.15, 0.2) is 5.82 Å². The summed E-state index contributed by atoms with van der Waals surface area (Å²) in [6, 6.07) is 16.0. The monoisotopic (exact) mass is 401 g/mol. The molecule has 1 amide bonds. The van der Waals surface area contributed by atoms with E-state index < -0.39 is 0 Å². The first-order chi connectivity index (χ1) is 14.7. The van der Waals surface area contributed by atoms with Gasteiger partial charge in [-0.15, -0.1) is 10.2 Å². The maximum Gasteiger partial charge on any atom is 0.249 e. The molecule has 2 aliphatic rings. The molecule has 154 valence electrons. The summed E-state index contributed by atoms with van der Waals surface area (Å²) in [5.41, 5.74) is 4.24. The standard InChI is InChI=1S/C24H27N5O/c1-17(24(30)28-15-13-18-8-4-5-11-21(18)28)25-20-10-7-9-19(16-20)23-27-26-22-12-3-2-6-14-29(22)23/h4-5,7-11,16-17,25H,2-3,6,12-15H2,1H3/t17-/m0/s1. The predicted molar refractivity (Wildman–Crippen MR) is 119 cm³/mol. The van der Waals surface area contributed by atoms with Gasteiger partial charge >= 0.3 is 0 Å². The fourth-order valence-corrected chi connectivity index (χ4v) is 4.56. The molecule has 3 aromatic rings. The molecule has 5 rings (SSSR count). The van der Waals surface area contributed by atoms with E-state index in [0.29, 0.717) is 0 Å². The largest absolute Gasteiger partial charge is 0.374 e. The minimum Gasteiger partial charge on any atom is -0.374 e. The number of aryl methyl sites for hydroxylation is 1. The summed E-state index contributed by atoms with van der Waals surface area (Å²) in [4.78, 5) is 15.0. The van der Waals surface area contributed by atoms with Crippen molar-refractivity contribution >= 4 is 17.3 Å². The number of para-hydroxylation sites is 1. The van der Waals surface area contributed by atoms with Crippen LogP contribution in [0.15, 0.2) is 48.5 Å². The van der Waals surface area contributed by atoms with Crippen LogP contribution in [-0.2, 0) is 24.2 Å². The third-order valence-electron chi connectivity index (χ3n) is 6.14. The molecule has 6 heteroatoms. The second kappa shape index (κ2) is 7.94. The molecule has 0 unspecified atom stereocenters. The maximum atomic E-state index is 13.1. The molecule has 0 bridgehead atoms. The van der Waals surface area contributed by atoms with Gasteiger partial charge in [-0.2, -0.15) is 0 Å². The summed E-state index contributed by atoms with van der Waals surface area (Å²) >= 11 is 0. The number of nitrogens with zero attached hydrogens (tertiary/aromatic N) is 4. The molecule has 0 spiro atoms. The highest BCUT2D eigenvalue weighted by Gasteiger charge is 2.27. The zero-order valence-corrected chi connectivity index (χ0v) is 17.3. The highest BCUT2D eigenvalue weighted by molar-refractivity contribution is 6.00. The third kappa shape index (κ3) is 3.47. The van der Waals surface area contributed by atoms with Gasteiger partial charge in [0.2, 0.25) is 5.91 Å². The minimum absolute atomic E-state index is 0.0988. The van der Waals surface area contributed by atoms with Crippen LogP contribution < -0.4 is 10.2 Å². The summed E-state index contributed by atoms with van der Waals surface area (Å²) in [5.74, 6) is 2.10. The molecule has 2 aromatic carbocycles. The Morgan fingerprint density at radius 1 is 1.00 bits per heavy atom. The van der Waals surface area contributed by atoms with E-state index in [4.69, 9.17) is 0 Å². The van der Waals surface area contributed by atoms with E-state index in [1.54, 1.807) is 0 Å². The number of hydrogen-bond donors (Lipinski definition) is 1. The van der Waals surface area contributed by atoms with E-state index in [1.165, 1.54) is 24.8 Å². The Morgan fingerprint density at radius 3 is 2.83 bits per heavy atom. The van der Waals surface area contributed by atoms with Crippen molar-refractivity contribution < 1.29 is 4.79 Å². The molecule has 2 aliphatic heterocycles. The zero-order valence-electron chi connectivity index (χ0n) is 17.3. The van der Waals surface area contributed by atoms with Crippen molar-refractivity contribution in [3.8, 4) is 11.4 Å². The van der Waals surface area contributed by atoms with Gasteiger partial charge in [-0.05, 0) is 49.9 Å². The van der Waals surface area contributed by atoms with Crippen LogP contribution in [0.5, 0.6) is 0 Å². The Bertz CT molecular complexity index is 1070. The molecule has 1 atom stereocenters. The van der Waals surface area contributed by atoms with E-state index in [9.17, 15) is 4.79 Å². The minimum atomic E-state index is -0.318. The molecular formula is C24H27N5O. The second-order valence-corrected chi connectivity index (χ2v) is 8.22. The lowest BCUT2D eigenvalue weighted by Crippen LogP contribution is -2.40. The Morgan fingerprint density at radius 2 is 1.90 bits per heavy atom. The first-order valence-corrected chi connectivity index (χ1v) is 10.9. The Balaban J connectivity index is 1.34. The van der Waals surface area contributed by atoms with Crippen LogP contribution in [0.3, 0.4) is 0 Å². The van der Waals surface area contributed by atoms with E-state index in [-0.39, 0.29) is 11.9 Å². The zero-order chi connectivity index (χ0) is 20.5. The van der Waals surface area contributed by atoms with Crippen molar-refractivity contribution in [2.75, 3.05) is 16.8 Å². The lowest BCUT2D eigenvalue weighted by molar-refractivity contribution is -0.118. The summed E-state index contributed by atoms with van der Waals surface area (Å²) < 4.78 is 2.25. The number of hydrogen-bond acceptors (Lipinski definition) is 4. The van der Waals surface area contributed by atoms with Crippen LogP contribution >= 0.6 is 0 Å². The topological polar surface area (TPSA) is 63.1 Å². The van der Waals surface area contributed by atoms with Gasteiger partial charge in [0.05, 0.1) is 0 Å². The fraction of sp³-hybridized carbons (Fsp3) is 0.375. The van der Waals surface area contributed by atoms with E-state index in [2.05, 4.69) is 38.3 Å². The fourth-order valence-electron chi connectivity index (χ4n) is 4.56. The maximum absolute atomic E-state index is 13.1. The van der Waals surface area contributed by atoms with Crippen LogP contribution in [0.2, 0.25) is 0 Å². The molecule has 6 nitrogen and oxygen atoms in total. The molecular weight excluding hydrogens is 374 g/mol. The average Bonchev–Trinajstić information content (AvgIpc) is 3.31. The number of carbonyl (C=O) groups excluding carboxylic acids is 1. The number of anilines is 2. The number of aromatic nitrogens is 3. The smallest absolute Gasteiger partial charge is 0.249 e. The average molecular weight is 402 g/mol. The van der Waals surface area contributed by atoms with Gasteiger partial charge in [0.1, 0.15) is 11.9 Å². The van der Waals surface area contributed by atoms with Crippen molar-refractivity contribution in [1.29, 1.82) is 0 Å². The van der Waals surface area contributed by atoms with E-state index in [0.717, 1.165) is 54.5 Å². The normalized spacial score (nSPS) is 16.5. The highest BCUT2D eigenvalue weighted by atomic mass is 16.2. The predicted octanol–water partition coefficient (Wildman–Crippen LogP) is 4.06. The second-order valence-electron chi connectivity index (χ2n) is 8.22. The van der Waals surface area contributed by atoms with Crippen molar-refractivity contribution in [2.24, 2.45) is 0 Å². The number of benzene rings is 2. The molecule has 0 fully saturated rings. The summed E-state index contributed by atoms with van der Waals surface area (Å²) in [6.45, 7) is 3.65. The molecule has 1 aromatic heterocycles. The molecule has 30 heavy (non-hydrogen) atoms. The lowest BCUT2D eigenvalue weighted by atomic mass is 10.1. The number of rotatable bonds is 4. The lowest BCUT2D eigenvalue weighted by Gasteiger charge is -2.23. The quantitative estimate of drug-likeness (QED) is 0.716. The molecule has 0 aliphatic carbocycles. The van der Waals surface area contributed by atoms with Crippen LogP contribution in [0.4, 0.5) is 11.4 Å². The van der Waals surface area contributed by atoms with Gasteiger partial charge in [-0.25, -0.2) is 0 Å². The number of amides is 1. The number of nitrogens with one attached hydrogen (secondary N) is 1. The van der Waals surface area contributed by atoms with Crippen molar-refractivity contribution in [1.82, 2.24) is 14.8 Å². The van der Waals surface area contributed by atoms with Gasteiger partial charge in [-0.3, -0.25) is 4.79 Å². The molecule has 1 N–H and O–H groups in total. The van der Waals surface area contributed by atoms with Crippen LogP contribution in [0.1, 0.15) is 37.6 Å². The first-order valence-electron chi connectivity index (χ1n) is 10.9. The van der Waals surface area contributed by atoms with Gasteiger partial charge < -0.3 is 14.8 Å². The Labute approximate surface area is 176 Å². The number of carbonyl (C=O) groups is 1. The molecule has 3 heterocycles. The van der Waals surface area contributed by atoms with Crippen molar-refractivity contribution in [2.45, 2.75) is 51.6 Å². The SMILES string of the molecule is C[C@H](Nc1cccc(-c2nnc3n2CCCCC3)c1)C(=O)N1CCc2ccccc21. The third-order valence-corrected chi connectivity index (χ3v) is 6.14. The van der Waals surface area contributed by atoms with E-state index >= 15 is 0 Å². The molecule has 0 saturated heterocycles. The van der Waals surface area contributed by atoms with Crippen LogP contribution in [0.25, 0.3) is 11.4 Å². The van der Waals surface area contributed by atoms with Gasteiger partial charge in [-0.1, -0.05) is 36.8 Å². The first kappa shape index (κ1) is 18.9. The van der Waals surface area contributed by atoms with Gasteiger partial charge in [0, 0.05) is 36.4 Å². The van der Waals surface area contributed by atoms with Crippen molar-refractivity contribution in [3.05, 3.63) is 59.9 Å². The number of fused-ring (bicyclic) bond motifs is 2. The van der Waals surface area contributed by atoms with Crippen LogP contribution in [-0.4, -0.2) is 33.3 Å². The Kier molecular flexibility index (Phi) is 4.99. The molecule has 0 saturated carbocycles. The highest BCUT2D eigenvalue weighted by Crippen LogP contribution is 2.29.